The molecule has 1 aliphatic heterocycles. The van der Waals surface area contributed by atoms with Gasteiger partial charge in [-0.25, -0.2) is 0 Å². The zero-order valence-electron chi connectivity index (χ0n) is 15.0. The van der Waals surface area contributed by atoms with Gasteiger partial charge in [0.05, 0.1) is 13.7 Å². The summed E-state index contributed by atoms with van der Waals surface area (Å²) in [4.78, 5) is 0. The van der Waals surface area contributed by atoms with Crippen LogP contribution >= 0.6 is 0 Å². The Hall–Kier alpha value is -2.40. The molecule has 0 aromatic heterocycles. The molecule has 0 aliphatic carbocycles. The van der Waals surface area contributed by atoms with Crippen LogP contribution in [0.3, 0.4) is 0 Å². The number of benzene rings is 2. The molecule has 5 nitrogen and oxygen atoms in total. The van der Waals surface area contributed by atoms with Crippen molar-refractivity contribution < 1.29 is 18.9 Å². The van der Waals surface area contributed by atoms with E-state index in [0.29, 0.717) is 37.9 Å². The molecule has 3 rings (SSSR count). The van der Waals surface area contributed by atoms with Gasteiger partial charge in [-0.3, -0.25) is 0 Å². The van der Waals surface area contributed by atoms with Crippen LogP contribution in [0.1, 0.15) is 31.0 Å². The second-order valence-electron chi connectivity index (χ2n) is 5.93. The van der Waals surface area contributed by atoms with Crippen LogP contribution in [0.2, 0.25) is 0 Å². The van der Waals surface area contributed by atoms with E-state index in [4.69, 9.17) is 18.9 Å². The van der Waals surface area contributed by atoms with E-state index in [1.807, 2.05) is 31.2 Å². The molecule has 0 spiro atoms. The molecule has 0 fully saturated rings. The number of ether oxygens (including phenoxy) is 4. The summed E-state index contributed by atoms with van der Waals surface area (Å²) in [5.74, 6) is 3.04. The van der Waals surface area contributed by atoms with E-state index < -0.39 is 0 Å². The van der Waals surface area contributed by atoms with Crippen LogP contribution in [-0.2, 0) is 6.54 Å². The van der Waals surface area contributed by atoms with Crippen LogP contribution in [0.15, 0.2) is 36.4 Å². The highest BCUT2D eigenvalue weighted by atomic mass is 16.6. The predicted octanol–water partition coefficient (Wildman–Crippen LogP) is 3.72. The first kappa shape index (κ1) is 17.4. The second kappa shape index (κ2) is 8.12. The van der Waals surface area contributed by atoms with Crippen LogP contribution < -0.4 is 24.3 Å². The molecule has 1 N–H and O–H groups in total. The largest absolute Gasteiger partial charge is 0.494 e. The summed E-state index contributed by atoms with van der Waals surface area (Å²) in [6.45, 7) is 6.61. The van der Waals surface area contributed by atoms with Gasteiger partial charge in [-0.15, -0.1) is 0 Å². The predicted molar refractivity (Wildman–Crippen MR) is 96.8 cm³/mol. The molecular formula is C20H25NO4. The summed E-state index contributed by atoms with van der Waals surface area (Å²) in [6, 6.07) is 12.4. The van der Waals surface area contributed by atoms with Crippen molar-refractivity contribution in [3.8, 4) is 23.0 Å². The number of methoxy groups -OCH3 is 1. The molecule has 1 aliphatic rings. The number of hydrogen-bond donors (Lipinski definition) is 1. The summed E-state index contributed by atoms with van der Waals surface area (Å²) in [5.41, 5.74) is 2.28. The van der Waals surface area contributed by atoms with Crippen LogP contribution in [0.25, 0.3) is 0 Å². The first-order chi connectivity index (χ1) is 12.2. The Kier molecular flexibility index (Phi) is 5.66. The van der Waals surface area contributed by atoms with Crippen LogP contribution in [0.4, 0.5) is 0 Å². The molecule has 0 radical (unpaired) electrons. The standard InChI is InChI=1S/C20H25NO4/c1-4-23-17-7-5-6-16(12-17)14(2)21-13-15-10-18(22-3)20-19(11-15)24-8-9-25-20/h5-7,10-12,14,21H,4,8-9,13H2,1-3H3. The molecular weight excluding hydrogens is 318 g/mol. The number of fused-ring (bicyclic) bond motifs is 1. The van der Waals surface area contributed by atoms with Gasteiger partial charge in [-0.2, -0.15) is 0 Å². The summed E-state index contributed by atoms with van der Waals surface area (Å²) < 4.78 is 22.4. The normalized spacial score (nSPS) is 14.0. The SMILES string of the molecule is CCOc1cccc(C(C)NCc2cc(OC)c3c(c2)OCCO3)c1. The Morgan fingerprint density at radius 1 is 1.16 bits per heavy atom. The average Bonchev–Trinajstić information content (AvgIpc) is 2.66. The summed E-state index contributed by atoms with van der Waals surface area (Å²) in [5, 5.41) is 3.54. The minimum absolute atomic E-state index is 0.194. The molecule has 0 bridgehead atoms. The number of nitrogens with one attached hydrogen (secondary N) is 1. The molecule has 0 saturated heterocycles. The van der Waals surface area contributed by atoms with Crippen LogP contribution in [0, 0.1) is 0 Å². The highest BCUT2D eigenvalue weighted by molar-refractivity contribution is 5.54. The molecule has 2 aromatic rings. The summed E-state index contributed by atoms with van der Waals surface area (Å²) in [7, 11) is 1.65. The number of rotatable bonds is 7. The molecule has 0 saturated carbocycles. The zero-order valence-corrected chi connectivity index (χ0v) is 15.0. The van der Waals surface area contributed by atoms with Crippen molar-refractivity contribution >= 4 is 0 Å². The quantitative estimate of drug-likeness (QED) is 0.830. The van der Waals surface area contributed by atoms with E-state index in [1.54, 1.807) is 7.11 Å². The Morgan fingerprint density at radius 2 is 2.00 bits per heavy atom. The number of hydrogen-bond acceptors (Lipinski definition) is 5. The van der Waals surface area contributed by atoms with Crippen molar-refractivity contribution in [1.29, 1.82) is 0 Å². The van der Waals surface area contributed by atoms with Gasteiger partial charge in [0.25, 0.3) is 0 Å². The van der Waals surface area contributed by atoms with Gasteiger partial charge >= 0.3 is 0 Å². The highest BCUT2D eigenvalue weighted by Gasteiger charge is 2.18. The van der Waals surface area contributed by atoms with Crippen molar-refractivity contribution in [2.75, 3.05) is 26.9 Å². The Morgan fingerprint density at radius 3 is 2.80 bits per heavy atom. The van der Waals surface area contributed by atoms with Gasteiger partial charge in [-0.1, -0.05) is 12.1 Å². The smallest absolute Gasteiger partial charge is 0.203 e. The maximum absolute atomic E-state index is 5.69. The third-order valence-electron chi connectivity index (χ3n) is 4.17. The van der Waals surface area contributed by atoms with E-state index in [9.17, 15) is 0 Å². The van der Waals surface area contributed by atoms with E-state index in [-0.39, 0.29) is 6.04 Å². The van der Waals surface area contributed by atoms with Crippen molar-refractivity contribution in [3.05, 3.63) is 47.5 Å². The van der Waals surface area contributed by atoms with Gasteiger partial charge in [0.1, 0.15) is 19.0 Å². The fraction of sp³-hybridized carbons (Fsp3) is 0.400. The van der Waals surface area contributed by atoms with Crippen molar-refractivity contribution in [2.24, 2.45) is 0 Å². The third-order valence-corrected chi connectivity index (χ3v) is 4.17. The molecule has 134 valence electrons. The Balaban J connectivity index is 1.69. The fourth-order valence-electron chi connectivity index (χ4n) is 2.86. The first-order valence-electron chi connectivity index (χ1n) is 8.64. The maximum atomic E-state index is 5.69. The van der Waals surface area contributed by atoms with Gasteiger partial charge in [0.15, 0.2) is 11.5 Å². The minimum Gasteiger partial charge on any atom is -0.494 e. The summed E-state index contributed by atoms with van der Waals surface area (Å²) >= 11 is 0. The maximum Gasteiger partial charge on any atom is 0.203 e. The molecule has 5 heteroatoms. The van der Waals surface area contributed by atoms with E-state index in [0.717, 1.165) is 17.1 Å². The lowest BCUT2D eigenvalue weighted by Gasteiger charge is -2.22. The summed E-state index contributed by atoms with van der Waals surface area (Å²) in [6.07, 6.45) is 0. The molecule has 25 heavy (non-hydrogen) atoms. The van der Waals surface area contributed by atoms with Crippen molar-refractivity contribution in [3.63, 3.8) is 0 Å². The molecule has 2 aromatic carbocycles. The minimum atomic E-state index is 0.194. The van der Waals surface area contributed by atoms with E-state index in [1.165, 1.54) is 5.56 Å². The third kappa shape index (κ3) is 4.17. The first-order valence-corrected chi connectivity index (χ1v) is 8.64. The van der Waals surface area contributed by atoms with Gasteiger partial charge in [-0.05, 0) is 49.2 Å². The zero-order chi connectivity index (χ0) is 17.6. The fourth-order valence-corrected chi connectivity index (χ4v) is 2.86. The van der Waals surface area contributed by atoms with E-state index >= 15 is 0 Å². The molecule has 0 amide bonds. The van der Waals surface area contributed by atoms with Crippen molar-refractivity contribution in [1.82, 2.24) is 5.32 Å². The molecule has 1 unspecified atom stereocenters. The lowest BCUT2D eigenvalue weighted by atomic mass is 10.1. The molecule has 1 atom stereocenters. The van der Waals surface area contributed by atoms with E-state index in [2.05, 4.69) is 24.4 Å². The van der Waals surface area contributed by atoms with Gasteiger partial charge < -0.3 is 24.3 Å². The Labute approximate surface area is 148 Å². The molecule has 1 heterocycles. The van der Waals surface area contributed by atoms with Gasteiger partial charge in [0, 0.05) is 12.6 Å². The van der Waals surface area contributed by atoms with Gasteiger partial charge in [0.2, 0.25) is 5.75 Å². The van der Waals surface area contributed by atoms with Crippen molar-refractivity contribution in [2.45, 2.75) is 26.4 Å². The lowest BCUT2D eigenvalue weighted by Crippen LogP contribution is -2.19. The average molecular weight is 343 g/mol. The second-order valence-corrected chi connectivity index (χ2v) is 5.93. The highest BCUT2D eigenvalue weighted by Crippen LogP contribution is 2.40. The Bertz CT molecular complexity index is 700. The lowest BCUT2D eigenvalue weighted by molar-refractivity contribution is 0.165. The monoisotopic (exact) mass is 343 g/mol. The van der Waals surface area contributed by atoms with Crippen LogP contribution in [-0.4, -0.2) is 26.9 Å². The van der Waals surface area contributed by atoms with Crippen LogP contribution in [0.5, 0.6) is 23.0 Å². The topological polar surface area (TPSA) is 49.0 Å².